The Morgan fingerprint density at radius 3 is 1.27 bits per heavy atom. The predicted molar refractivity (Wildman–Crippen MR) is 268 cm³/mol. The molecule has 0 saturated heterocycles. The Hall–Kier alpha value is -4.04. The van der Waals surface area contributed by atoms with Crippen molar-refractivity contribution >= 4 is 94.1 Å². The molecule has 11 aliphatic rings. The van der Waals surface area contributed by atoms with Gasteiger partial charge in [0.15, 0.2) is 93.5 Å². The topological polar surface area (TPSA) is 0 Å². The molecule has 9 heterocycles. The predicted octanol–water partition coefficient (Wildman–Crippen LogP) is 20.4. The van der Waals surface area contributed by atoms with E-state index in [0.717, 1.165) is 59.4 Å². The fourth-order valence-electron chi connectivity index (χ4n) is 6.46. The zero-order chi connectivity index (χ0) is 53.7. The van der Waals surface area contributed by atoms with Crippen LogP contribution < -0.4 is 0 Å². The maximum atomic E-state index is 15.6. The molecule has 0 aromatic heterocycles. The first kappa shape index (κ1) is 57.7. The average molecular weight is 1190 g/mol. The van der Waals surface area contributed by atoms with Gasteiger partial charge in [-0.2, -0.15) is 0 Å². The van der Waals surface area contributed by atoms with Gasteiger partial charge in [0.1, 0.15) is 0 Å². The van der Waals surface area contributed by atoms with Crippen LogP contribution in [0.25, 0.3) is 0 Å². The summed E-state index contributed by atoms with van der Waals surface area (Å²) in [5.41, 5.74) is 0. The first-order chi connectivity index (χ1) is 35.3. The molecule has 0 nitrogen and oxygen atoms in total. The second kappa shape index (κ2) is 25.4. The molecule has 0 amide bonds. The van der Waals surface area contributed by atoms with E-state index in [-0.39, 0.29) is 113 Å². The third-order valence-electron chi connectivity index (χ3n) is 9.92. The van der Waals surface area contributed by atoms with Gasteiger partial charge in [0.05, 0.1) is 39.5 Å². The van der Waals surface area contributed by atoms with Gasteiger partial charge in [0.2, 0.25) is 0 Å². The lowest BCUT2D eigenvalue weighted by Crippen LogP contribution is -2.28. The number of thioether (sulfide) groups is 7. The maximum absolute atomic E-state index is 15.6. The van der Waals surface area contributed by atoms with E-state index in [0.29, 0.717) is 11.8 Å². The van der Waals surface area contributed by atoms with Crippen molar-refractivity contribution in [3.8, 4) is 0 Å². The minimum absolute atomic E-state index is 0.0207. The fraction of sp³-hybridized carbons (Fsp3) is 0.120. The molecular weight excluding hydrogens is 1160 g/mol. The number of fused-ring (bicyclic) bond motifs is 1. The molecule has 12 bridgehead atoms. The van der Waals surface area contributed by atoms with E-state index in [1.54, 1.807) is 0 Å². The molecule has 24 heteroatoms. The molecule has 2 aliphatic carbocycles. The monoisotopic (exact) mass is 1190 g/mol. The highest BCUT2D eigenvalue weighted by Crippen LogP contribution is 2.50. The summed E-state index contributed by atoms with van der Waals surface area (Å²) in [6.07, 6.45) is 10.5. The number of allylic oxidation sites excluding steroid dienone is 12. The first-order valence-electron chi connectivity index (χ1n) is 20.8. The molecule has 0 fully saturated rings. The lowest BCUT2D eigenvalue weighted by atomic mass is 10.1. The van der Waals surface area contributed by atoms with Crippen LogP contribution in [0.15, 0.2) is 178 Å². The molecule has 0 spiro atoms. The lowest BCUT2D eigenvalue weighted by molar-refractivity contribution is 0.299. The van der Waals surface area contributed by atoms with Gasteiger partial charge in [0, 0.05) is 29.8 Å². The van der Waals surface area contributed by atoms with Gasteiger partial charge in [-0.05, 0) is 67.5 Å². The highest BCUT2D eigenvalue weighted by atomic mass is 32.2. The number of hydrogen-bond donors (Lipinski definition) is 0. The van der Waals surface area contributed by atoms with Crippen molar-refractivity contribution in [3.63, 3.8) is 0 Å². The van der Waals surface area contributed by atoms with Crippen LogP contribution in [-0.4, -0.2) is 16.7 Å². The van der Waals surface area contributed by atoms with Crippen molar-refractivity contribution in [1.82, 2.24) is 0 Å². The zero-order valence-corrected chi connectivity index (χ0v) is 43.6. The second-order valence-corrected chi connectivity index (χ2v) is 23.4. The quantitative estimate of drug-likeness (QED) is 0.142. The minimum atomic E-state index is -2.71. The average Bonchev–Trinajstić information content (AvgIpc) is 3.39. The van der Waals surface area contributed by atoms with Crippen molar-refractivity contribution in [2.24, 2.45) is 0 Å². The summed E-state index contributed by atoms with van der Waals surface area (Å²) in [5.74, 6) is -26.7. The van der Waals surface area contributed by atoms with Gasteiger partial charge in [-0.3, -0.25) is 0 Å². The summed E-state index contributed by atoms with van der Waals surface area (Å²) in [4.78, 5) is -8.02. The van der Waals surface area contributed by atoms with Crippen LogP contribution in [0.1, 0.15) is 20.3 Å². The Balaban J connectivity index is 1.23. The molecule has 3 atom stereocenters. The first-order valence-corrected chi connectivity index (χ1v) is 27.6. The third-order valence-corrected chi connectivity index (χ3v) is 18.5. The number of rotatable bonds is 2. The van der Waals surface area contributed by atoms with Crippen LogP contribution in [-0.2, 0) is 0 Å². The molecule has 0 radical (unpaired) electrons. The Kier molecular flexibility index (Phi) is 19.8. The Bertz CT molecular complexity index is 3120. The van der Waals surface area contributed by atoms with Gasteiger partial charge in [-0.15, -0.1) is 11.8 Å². The molecule has 15 rings (SSSR count). The zero-order valence-electron chi connectivity index (χ0n) is 37.1. The number of alkyl halides is 1. The van der Waals surface area contributed by atoms with Crippen LogP contribution in [0.2, 0.25) is 0 Å². The normalized spacial score (nSPS) is 21.8. The van der Waals surface area contributed by atoms with E-state index in [9.17, 15) is 0 Å². The molecule has 4 aromatic rings. The van der Waals surface area contributed by atoms with Crippen molar-refractivity contribution in [2.45, 2.75) is 76.1 Å². The van der Waals surface area contributed by atoms with E-state index < -0.39 is 138 Å². The van der Waals surface area contributed by atoms with Crippen molar-refractivity contribution in [1.29, 1.82) is 0 Å². The van der Waals surface area contributed by atoms with Crippen molar-refractivity contribution in [2.75, 3.05) is 0 Å². The highest BCUT2D eigenvalue weighted by molar-refractivity contribution is 8.04. The van der Waals surface area contributed by atoms with E-state index in [4.69, 9.17) is 0 Å². The highest BCUT2D eigenvalue weighted by Gasteiger charge is 2.42. The summed E-state index contributed by atoms with van der Waals surface area (Å²) in [6, 6.07) is 4.61. The van der Waals surface area contributed by atoms with Crippen LogP contribution in [0, 0.1) is 69.8 Å². The van der Waals surface area contributed by atoms with Crippen molar-refractivity contribution in [3.05, 3.63) is 209 Å². The summed E-state index contributed by atoms with van der Waals surface area (Å²) in [7, 11) is 0. The third kappa shape index (κ3) is 12.5. The number of benzene rings is 4. The van der Waals surface area contributed by atoms with Gasteiger partial charge in [0.25, 0.3) is 0 Å². The Labute approximate surface area is 446 Å². The molecular formula is C50H28F16S8. The van der Waals surface area contributed by atoms with Gasteiger partial charge in [-0.25, -0.2) is 70.2 Å². The fourth-order valence-corrected chi connectivity index (χ4v) is 13.6. The summed E-state index contributed by atoms with van der Waals surface area (Å²) in [5, 5.41) is -1.00. The number of hydrogen-bond acceptors (Lipinski definition) is 8. The molecule has 74 heavy (non-hydrogen) atoms. The Morgan fingerprint density at radius 2 is 0.865 bits per heavy atom. The standard InChI is InChI=1S/C50H28F16S8/c1-3-7-21-9-5-19-68-44-29(53)33(57)46(34(58)30(44)54)71-23-11-13-24(14-12-23)73-49-39(63)41(65)50(42(66)40(49)64)74-26-17-15-25(16-18-26)72-48-37(61)35(59)47(36(60)38(48)62)70-22(8-4-2)10-6-20-67-43-27(51)31(55)45(69-21)32(56)28(43)52/h3-13,15-20,24,39,49H,14H2,1-2H3/b7-3-,8-4-,19-5+,20-6+,21-9+,22-10+. The van der Waals surface area contributed by atoms with Crippen LogP contribution in [0.3, 0.4) is 0 Å². The van der Waals surface area contributed by atoms with Gasteiger partial charge in [-0.1, -0.05) is 137 Å². The van der Waals surface area contributed by atoms with E-state index >= 15 is 70.2 Å². The molecule has 388 valence electrons. The number of halogens is 16. The van der Waals surface area contributed by atoms with E-state index in [1.165, 1.54) is 56.4 Å². The SMILES string of the molecule is C\C=C/C1=C\C=C\Sc2c(F)c(F)c(c(F)c2F)SC2=CCC(C=C2)SC2C(F)=C(F)C(=C(F)C2F)Sc2ccc(cc2)Sc2c(F)c(F)c(c(F)c2F)SC(/C=C\C)=C/C=C/Sc2c(F)c(F)c(c(F)c2F)S1. The summed E-state index contributed by atoms with van der Waals surface area (Å²) >= 11 is 1.99. The summed E-state index contributed by atoms with van der Waals surface area (Å²) < 4.78 is 247. The maximum Gasteiger partial charge on any atom is 0.177 e. The van der Waals surface area contributed by atoms with E-state index in [1.807, 2.05) is 0 Å². The van der Waals surface area contributed by atoms with E-state index in [2.05, 4.69) is 0 Å². The van der Waals surface area contributed by atoms with Crippen LogP contribution in [0.5, 0.6) is 0 Å². The molecule has 0 N–H and O–H groups in total. The Morgan fingerprint density at radius 1 is 0.473 bits per heavy atom. The molecule has 0 saturated carbocycles. The van der Waals surface area contributed by atoms with Crippen molar-refractivity contribution < 1.29 is 70.2 Å². The lowest BCUT2D eigenvalue weighted by Gasteiger charge is -2.27. The van der Waals surface area contributed by atoms with Gasteiger partial charge >= 0.3 is 0 Å². The largest absolute Gasteiger partial charge is 0.238 e. The van der Waals surface area contributed by atoms with Crippen LogP contribution in [0.4, 0.5) is 70.2 Å². The molecule has 3 unspecified atom stereocenters. The second-order valence-electron chi connectivity index (χ2n) is 14.8. The molecule has 4 aromatic carbocycles. The summed E-state index contributed by atoms with van der Waals surface area (Å²) in [6.45, 7) is 2.95. The van der Waals surface area contributed by atoms with Crippen LogP contribution >= 0.6 is 94.1 Å². The minimum Gasteiger partial charge on any atom is -0.238 e. The molecule has 9 aliphatic heterocycles. The smallest absolute Gasteiger partial charge is 0.177 e. The van der Waals surface area contributed by atoms with Gasteiger partial charge < -0.3 is 0 Å².